The number of fused-ring (bicyclic) bond motifs is 5. The lowest BCUT2D eigenvalue weighted by Crippen LogP contribution is -2.09. The lowest BCUT2D eigenvalue weighted by molar-refractivity contribution is 0.667. The molecule has 0 aliphatic carbocycles. The van der Waals surface area contributed by atoms with E-state index in [9.17, 15) is 0 Å². The van der Waals surface area contributed by atoms with Gasteiger partial charge in [-0.05, 0) is 93.2 Å². The van der Waals surface area contributed by atoms with Crippen LogP contribution < -0.4 is 4.90 Å². The van der Waals surface area contributed by atoms with Gasteiger partial charge in [-0.2, -0.15) is 0 Å². The van der Waals surface area contributed by atoms with Crippen molar-refractivity contribution in [1.29, 1.82) is 0 Å². The van der Waals surface area contributed by atoms with Gasteiger partial charge in [0, 0.05) is 33.4 Å². The summed E-state index contributed by atoms with van der Waals surface area (Å²) in [6, 6.07) is 61.0. The Morgan fingerprint density at radius 2 is 0.915 bits per heavy atom. The number of hydrogen-bond acceptors (Lipinski definition) is 2. The summed E-state index contributed by atoms with van der Waals surface area (Å²) < 4.78 is 6.49. The first-order chi connectivity index (χ1) is 23.2. The number of rotatable bonds is 5. The summed E-state index contributed by atoms with van der Waals surface area (Å²) in [6.45, 7) is 2.11. The van der Waals surface area contributed by atoms with Crippen LogP contribution in [0, 0.1) is 6.92 Å². The van der Waals surface area contributed by atoms with Crippen LogP contribution in [-0.4, -0.2) is 0 Å². The Bertz CT molecular complexity index is 2570. The van der Waals surface area contributed by atoms with E-state index in [1.807, 2.05) is 0 Å². The van der Waals surface area contributed by atoms with Crippen LogP contribution in [-0.2, 0) is 0 Å². The van der Waals surface area contributed by atoms with E-state index in [-0.39, 0.29) is 0 Å². The van der Waals surface area contributed by atoms with Crippen LogP contribution in [0.1, 0.15) is 5.56 Å². The minimum atomic E-state index is 0.931. The Hall–Kier alpha value is -6.12. The second-order valence-corrected chi connectivity index (χ2v) is 12.3. The number of benzene rings is 8. The highest BCUT2D eigenvalue weighted by Crippen LogP contribution is 2.40. The van der Waals surface area contributed by atoms with Crippen molar-refractivity contribution < 1.29 is 4.42 Å². The monoisotopic (exact) mass is 601 g/mol. The summed E-state index contributed by atoms with van der Waals surface area (Å²) in [7, 11) is 0. The maximum Gasteiger partial charge on any atom is 0.143 e. The van der Waals surface area contributed by atoms with Crippen LogP contribution in [0.15, 0.2) is 174 Å². The molecule has 0 radical (unpaired) electrons. The van der Waals surface area contributed by atoms with Crippen molar-refractivity contribution in [3.63, 3.8) is 0 Å². The summed E-state index contributed by atoms with van der Waals surface area (Å²) >= 11 is 0. The number of nitrogens with zero attached hydrogens (tertiary/aromatic N) is 1. The second kappa shape index (κ2) is 11.0. The van der Waals surface area contributed by atoms with Crippen molar-refractivity contribution >= 4 is 60.5 Å². The van der Waals surface area contributed by atoms with Gasteiger partial charge in [-0.15, -0.1) is 0 Å². The maximum absolute atomic E-state index is 6.49. The fourth-order valence-electron chi connectivity index (χ4n) is 6.91. The van der Waals surface area contributed by atoms with Gasteiger partial charge in [-0.3, -0.25) is 0 Å². The van der Waals surface area contributed by atoms with Crippen LogP contribution >= 0.6 is 0 Å². The molecule has 2 heteroatoms. The van der Waals surface area contributed by atoms with Gasteiger partial charge in [0.15, 0.2) is 0 Å². The summed E-state index contributed by atoms with van der Waals surface area (Å²) in [4.78, 5) is 2.34. The smallest absolute Gasteiger partial charge is 0.143 e. The molecule has 0 aliphatic heterocycles. The second-order valence-electron chi connectivity index (χ2n) is 12.3. The minimum absolute atomic E-state index is 0.931. The predicted molar refractivity (Wildman–Crippen MR) is 199 cm³/mol. The number of hydrogen-bond donors (Lipinski definition) is 0. The molecule has 47 heavy (non-hydrogen) atoms. The van der Waals surface area contributed by atoms with E-state index in [0.29, 0.717) is 0 Å². The fourth-order valence-corrected chi connectivity index (χ4v) is 6.91. The lowest BCUT2D eigenvalue weighted by atomic mass is 10.00. The predicted octanol–water partition coefficient (Wildman–Crippen LogP) is 13.0. The largest absolute Gasteiger partial charge is 0.455 e. The molecule has 0 aliphatic rings. The molecule has 0 fully saturated rings. The highest BCUT2D eigenvalue weighted by Gasteiger charge is 2.16. The van der Waals surface area contributed by atoms with Crippen molar-refractivity contribution in [3.8, 4) is 22.3 Å². The molecule has 2 nitrogen and oxygen atoms in total. The van der Waals surface area contributed by atoms with Gasteiger partial charge in [-0.1, -0.05) is 127 Å². The molecule has 0 bridgehead atoms. The van der Waals surface area contributed by atoms with Crippen LogP contribution in [0.2, 0.25) is 0 Å². The normalized spacial score (nSPS) is 11.5. The molecule has 222 valence electrons. The van der Waals surface area contributed by atoms with Crippen molar-refractivity contribution in [1.82, 2.24) is 0 Å². The molecular weight excluding hydrogens is 571 g/mol. The molecule has 0 atom stereocenters. The quantitative estimate of drug-likeness (QED) is 0.195. The summed E-state index contributed by atoms with van der Waals surface area (Å²) in [6.07, 6.45) is 0. The average Bonchev–Trinajstić information content (AvgIpc) is 3.52. The highest BCUT2D eigenvalue weighted by atomic mass is 16.3. The molecule has 0 spiro atoms. The number of anilines is 3. The van der Waals surface area contributed by atoms with Gasteiger partial charge in [-0.25, -0.2) is 0 Å². The highest BCUT2D eigenvalue weighted by molar-refractivity contribution is 6.10. The Morgan fingerprint density at radius 1 is 0.383 bits per heavy atom. The maximum atomic E-state index is 6.49. The van der Waals surface area contributed by atoms with Gasteiger partial charge in [0.1, 0.15) is 11.2 Å². The number of furan rings is 1. The van der Waals surface area contributed by atoms with Gasteiger partial charge in [0.05, 0.1) is 0 Å². The van der Waals surface area contributed by atoms with E-state index in [2.05, 4.69) is 182 Å². The van der Waals surface area contributed by atoms with Crippen LogP contribution in [0.4, 0.5) is 17.1 Å². The molecule has 0 unspecified atom stereocenters. The molecule has 0 N–H and O–H groups in total. The summed E-state index contributed by atoms with van der Waals surface area (Å²) in [5.74, 6) is 0. The standard InChI is InChI=1S/C45H31NO/c1-30-8-6-14-42-43-15-7-13-41(45(43)47-44(30)42)34-21-25-39(26-22-34)46(40-27-20-32-10-3-5-12-36(32)29-40)38-23-18-33(19-24-38)37-17-16-31-9-2-4-11-35(31)28-37/h2-29H,1H3. The third kappa shape index (κ3) is 4.74. The van der Waals surface area contributed by atoms with Crippen molar-refractivity contribution in [2.24, 2.45) is 0 Å². The molecule has 9 aromatic rings. The summed E-state index contributed by atoms with van der Waals surface area (Å²) in [5, 5.41) is 7.26. The van der Waals surface area contributed by atoms with Crippen LogP contribution in [0.25, 0.3) is 65.7 Å². The first-order valence-corrected chi connectivity index (χ1v) is 16.1. The van der Waals surface area contributed by atoms with E-state index < -0.39 is 0 Å². The zero-order valence-corrected chi connectivity index (χ0v) is 26.0. The molecular formula is C45H31NO. The molecule has 1 heterocycles. The van der Waals surface area contributed by atoms with Gasteiger partial charge in [0.2, 0.25) is 0 Å². The third-order valence-electron chi connectivity index (χ3n) is 9.36. The Labute approximate surface area is 273 Å². The lowest BCUT2D eigenvalue weighted by Gasteiger charge is -2.26. The topological polar surface area (TPSA) is 16.4 Å². The third-order valence-corrected chi connectivity index (χ3v) is 9.36. The van der Waals surface area contributed by atoms with Crippen molar-refractivity contribution in [2.45, 2.75) is 6.92 Å². The fraction of sp³-hybridized carbons (Fsp3) is 0.0222. The van der Waals surface area contributed by atoms with E-state index >= 15 is 0 Å². The zero-order chi connectivity index (χ0) is 31.3. The van der Waals surface area contributed by atoms with Crippen molar-refractivity contribution in [3.05, 3.63) is 175 Å². The molecule has 0 amide bonds. The van der Waals surface area contributed by atoms with E-state index in [1.54, 1.807) is 0 Å². The first-order valence-electron chi connectivity index (χ1n) is 16.1. The Balaban J connectivity index is 1.13. The van der Waals surface area contributed by atoms with E-state index in [4.69, 9.17) is 4.42 Å². The van der Waals surface area contributed by atoms with Gasteiger partial charge in [0.25, 0.3) is 0 Å². The Morgan fingerprint density at radius 3 is 1.62 bits per heavy atom. The summed E-state index contributed by atoms with van der Waals surface area (Å²) in [5.41, 5.74) is 11.0. The van der Waals surface area contributed by atoms with Gasteiger partial charge >= 0.3 is 0 Å². The van der Waals surface area contributed by atoms with Gasteiger partial charge < -0.3 is 9.32 Å². The first kappa shape index (κ1) is 27.2. The van der Waals surface area contributed by atoms with Crippen molar-refractivity contribution in [2.75, 3.05) is 4.90 Å². The number of aryl methyl sites for hydroxylation is 1. The van der Waals surface area contributed by atoms with E-state index in [0.717, 1.165) is 55.7 Å². The molecule has 1 aromatic heterocycles. The zero-order valence-electron chi connectivity index (χ0n) is 26.0. The molecule has 0 saturated carbocycles. The minimum Gasteiger partial charge on any atom is -0.455 e. The molecule has 8 aromatic carbocycles. The number of para-hydroxylation sites is 2. The van der Waals surface area contributed by atoms with E-state index in [1.165, 1.54) is 32.7 Å². The average molecular weight is 602 g/mol. The molecule has 9 rings (SSSR count). The SMILES string of the molecule is Cc1cccc2c1oc1c(-c3ccc(N(c4ccc(-c5ccc6ccccc6c5)cc4)c4ccc5ccccc5c4)cc3)cccc12. The molecule has 0 saturated heterocycles. The Kier molecular flexibility index (Phi) is 6.39. The van der Waals surface area contributed by atoms with Crippen LogP contribution in [0.3, 0.4) is 0 Å². The van der Waals surface area contributed by atoms with Crippen LogP contribution in [0.5, 0.6) is 0 Å².